The van der Waals surface area contributed by atoms with Crippen LogP contribution in [0.15, 0.2) is 72.8 Å². The van der Waals surface area contributed by atoms with E-state index in [4.69, 9.17) is 14.2 Å². The van der Waals surface area contributed by atoms with Gasteiger partial charge in [0.2, 0.25) is 6.10 Å². The van der Waals surface area contributed by atoms with E-state index in [1.807, 2.05) is 6.07 Å². The van der Waals surface area contributed by atoms with E-state index in [9.17, 15) is 14.4 Å². The molecule has 0 bridgehead atoms. The van der Waals surface area contributed by atoms with Crippen molar-refractivity contribution in [3.05, 3.63) is 83.9 Å². The summed E-state index contributed by atoms with van der Waals surface area (Å²) < 4.78 is 16.5. The third-order valence-corrected chi connectivity index (χ3v) is 4.88. The number of fused-ring (bicyclic) bond motifs is 2. The van der Waals surface area contributed by atoms with E-state index in [1.54, 1.807) is 54.6 Å². The van der Waals surface area contributed by atoms with Crippen LogP contribution in [-0.2, 0) is 4.79 Å². The van der Waals surface area contributed by atoms with Gasteiger partial charge in [-0.05, 0) is 48.5 Å². The first-order valence-corrected chi connectivity index (χ1v) is 9.30. The highest BCUT2D eigenvalue weighted by Crippen LogP contribution is 2.32. The number of anilines is 1. The first-order valence-electron chi connectivity index (χ1n) is 9.30. The maximum atomic E-state index is 12.6. The van der Waals surface area contributed by atoms with Crippen molar-refractivity contribution in [3.8, 4) is 17.2 Å². The van der Waals surface area contributed by atoms with Crippen LogP contribution in [0.2, 0.25) is 0 Å². The smallest absolute Gasteiger partial charge is 0.356 e. The average Bonchev–Trinajstić information content (AvgIpc) is 3.04. The van der Waals surface area contributed by atoms with Gasteiger partial charge in [-0.2, -0.15) is 0 Å². The lowest BCUT2D eigenvalue weighted by Crippen LogP contribution is -2.39. The van der Waals surface area contributed by atoms with Crippen LogP contribution in [0.4, 0.5) is 5.69 Å². The van der Waals surface area contributed by atoms with Gasteiger partial charge in [-0.3, -0.25) is 9.59 Å². The Hall–Kier alpha value is -4.13. The van der Waals surface area contributed by atoms with Crippen molar-refractivity contribution in [1.82, 2.24) is 0 Å². The minimum Gasteiger partial charge on any atom is -0.485 e. The summed E-state index contributed by atoms with van der Waals surface area (Å²) in [5, 5.41) is 0. The zero-order valence-corrected chi connectivity index (χ0v) is 15.6. The van der Waals surface area contributed by atoms with Gasteiger partial charge in [0.25, 0.3) is 11.8 Å². The van der Waals surface area contributed by atoms with Crippen molar-refractivity contribution < 1.29 is 28.6 Å². The minimum atomic E-state index is -0.893. The summed E-state index contributed by atoms with van der Waals surface area (Å²) in [6.45, 7) is 0.0446. The van der Waals surface area contributed by atoms with Crippen LogP contribution in [0.5, 0.6) is 17.2 Å². The number of amides is 2. The molecule has 3 aromatic carbocycles. The lowest BCUT2D eigenvalue weighted by molar-refractivity contribution is -0.144. The van der Waals surface area contributed by atoms with Crippen molar-refractivity contribution in [2.45, 2.75) is 6.10 Å². The fraction of sp³-hybridized carbons (Fsp3) is 0.0870. The molecular weight excluding hydrogens is 386 g/mol. The second-order valence-electron chi connectivity index (χ2n) is 6.77. The third kappa shape index (κ3) is 2.97. The second-order valence-corrected chi connectivity index (χ2v) is 6.77. The number of nitrogens with zero attached hydrogens (tertiary/aromatic N) is 1. The second kappa shape index (κ2) is 7.04. The Morgan fingerprint density at radius 1 is 0.833 bits per heavy atom. The Balaban J connectivity index is 1.29. The van der Waals surface area contributed by atoms with Gasteiger partial charge >= 0.3 is 5.97 Å². The van der Waals surface area contributed by atoms with Gasteiger partial charge in [0.05, 0.1) is 16.8 Å². The molecule has 3 aromatic rings. The van der Waals surface area contributed by atoms with Crippen LogP contribution in [0.1, 0.15) is 20.7 Å². The highest BCUT2D eigenvalue weighted by Gasteiger charge is 2.36. The summed E-state index contributed by atoms with van der Waals surface area (Å²) in [6.07, 6.45) is -0.893. The Morgan fingerprint density at radius 2 is 1.43 bits per heavy atom. The minimum absolute atomic E-state index is 0.0446. The summed E-state index contributed by atoms with van der Waals surface area (Å²) >= 11 is 0. The third-order valence-electron chi connectivity index (χ3n) is 4.88. The monoisotopic (exact) mass is 401 g/mol. The Labute approximate surface area is 171 Å². The van der Waals surface area contributed by atoms with E-state index in [0.29, 0.717) is 28.3 Å². The molecule has 1 unspecified atom stereocenters. The number of carbonyl (C=O) groups excluding carboxylic acids is 3. The predicted molar refractivity (Wildman–Crippen MR) is 106 cm³/mol. The van der Waals surface area contributed by atoms with E-state index in [-0.39, 0.29) is 24.2 Å². The van der Waals surface area contributed by atoms with E-state index in [1.165, 1.54) is 12.1 Å². The van der Waals surface area contributed by atoms with Gasteiger partial charge in [-0.1, -0.05) is 24.3 Å². The van der Waals surface area contributed by atoms with Gasteiger partial charge < -0.3 is 14.2 Å². The van der Waals surface area contributed by atoms with Gasteiger partial charge in [-0.15, -0.1) is 0 Å². The molecule has 148 valence electrons. The fourth-order valence-electron chi connectivity index (χ4n) is 3.40. The number of carbonyl (C=O) groups is 3. The maximum absolute atomic E-state index is 12.6. The summed E-state index contributed by atoms with van der Waals surface area (Å²) in [6, 6.07) is 19.9. The van der Waals surface area contributed by atoms with E-state index < -0.39 is 12.1 Å². The summed E-state index contributed by atoms with van der Waals surface area (Å²) in [7, 11) is 0. The molecule has 0 fully saturated rings. The van der Waals surface area contributed by atoms with Crippen molar-refractivity contribution in [1.29, 1.82) is 0 Å². The first kappa shape index (κ1) is 17.9. The number of para-hydroxylation sites is 2. The maximum Gasteiger partial charge on any atom is 0.356 e. The van der Waals surface area contributed by atoms with Crippen LogP contribution in [0.25, 0.3) is 0 Å². The molecule has 0 aromatic heterocycles. The van der Waals surface area contributed by atoms with Crippen LogP contribution in [-0.4, -0.2) is 30.5 Å². The Morgan fingerprint density at radius 3 is 2.10 bits per heavy atom. The molecule has 0 N–H and O–H groups in total. The normalized spacial score (nSPS) is 16.9. The SMILES string of the molecule is O=C(Oc1ccc(N2C(=O)c3ccccc3C2=O)cc1)C1COc2ccccc2O1. The molecule has 5 rings (SSSR count). The molecule has 7 heteroatoms. The van der Waals surface area contributed by atoms with Gasteiger partial charge in [0.1, 0.15) is 12.4 Å². The first-order chi connectivity index (χ1) is 14.6. The quantitative estimate of drug-likeness (QED) is 0.381. The molecule has 2 aliphatic rings. The van der Waals surface area contributed by atoms with E-state index in [2.05, 4.69) is 0 Å². The molecule has 0 spiro atoms. The van der Waals surface area contributed by atoms with Gasteiger partial charge in [-0.25, -0.2) is 9.69 Å². The molecule has 1 atom stereocenters. The van der Waals surface area contributed by atoms with Crippen molar-refractivity contribution in [3.63, 3.8) is 0 Å². The highest BCUT2D eigenvalue weighted by molar-refractivity contribution is 6.34. The molecular formula is C23H15NO6. The van der Waals surface area contributed by atoms with Crippen LogP contribution >= 0.6 is 0 Å². The summed E-state index contributed by atoms with van der Waals surface area (Å²) in [5.74, 6) is -0.0437. The number of hydrogen-bond donors (Lipinski definition) is 0. The molecule has 0 saturated heterocycles. The van der Waals surface area contributed by atoms with Crippen molar-refractivity contribution in [2.24, 2.45) is 0 Å². The van der Waals surface area contributed by atoms with Crippen LogP contribution in [0, 0.1) is 0 Å². The lowest BCUT2D eigenvalue weighted by Gasteiger charge is -2.24. The number of rotatable bonds is 3. The number of ether oxygens (including phenoxy) is 3. The molecule has 30 heavy (non-hydrogen) atoms. The van der Waals surface area contributed by atoms with Gasteiger partial charge in [0.15, 0.2) is 11.5 Å². The fourth-order valence-corrected chi connectivity index (χ4v) is 3.40. The molecule has 7 nitrogen and oxygen atoms in total. The van der Waals surface area contributed by atoms with Crippen molar-refractivity contribution >= 4 is 23.5 Å². The Kier molecular flexibility index (Phi) is 4.21. The highest BCUT2D eigenvalue weighted by atomic mass is 16.6. The number of hydrogen-bond acceptors (Lipinski definition) is 6. The van der Waals surface area contributed by atoms with Gasteiger partial charge in [0, 0.05) is 0 Å². The zero-order valence-electron chi connectivity index (χ0n) is 15.6. The molecule has 0 aliphatic carbocycles. The molecule has 2 heterocycles. The standard InChI is InChI=1S/C23H15NO6/c25-21-16-5-1-2-6-17(16)22(26)24(21)14-9-11-15(12-10-14)29-23(27)20-13-28-18-7-3-4-8-19(18)30-20/h1-12,20H,13H2. The molecule has 2 amide bonds. The van der Waals surface area contributed by atoms with Crippen LogP contribution < -0.4 is 19.1 Å². The number of esters is 1. The topological polar surface area (TPSA) is 82.1 Å². The van der Waals surface area contributed by atoms with E-state index >= 15 is 0 Å². The van der Waals surface area contributed by atoms with E-state index in [0.717, 1.165) is 4.90 Å². The predicted octanol–water partition coefficient (Wildman–Crippen LogP) is 3.23. The van der Waals surface area contributed by atoms with Crippen LogP contribution in [0.3, 0.4) is 0 Å². The number of imide groups is 1. The average molecular weight is 401 g/mol. The molecule has 2 aliphatic heterocycles. The largest absolute Gasteiger partial charge is 0.485 e. The lowest BCUT2D eigenvalue weighted by atomic mass is 10.1. The number of benzene rings is 3. The zero-order chi connectivity index (χ0) is 20.7. The van der Waals surface area contributed by atoms with Crippen molar-refractivity contribution in [2.75, 3.05) is 11.5 Å². The summed E-state index contributed by atoms with van der Waals surface area (Å²) in [4.78, 5) is 38.7. The summed E-state index contributed by atoms with van der Waals surface area (Å²) in [5.41, 5.74) is 1.13. The molecule has 0 saturated carbocycles. The Bertz CT molecular complexity index is 1140. The molecule has 0 radical (unpaired) electrons.